The fourth-order valence-electron chi connectivity index (χ4n) is 0.702. The molecule has 0 N–H and O–H groups in total. The summed E-state index contributed by atoms with van der Waals surface area (Å²) < 4.78 is 4.48. The number of allylic oxidation sites excluding steroid dienone is 2. The maximum absolute atomic E-state index is 10.6. The normalized spacial score (nSPS) is 10.4. The van der Waals surface area contributed by atoms with E-state index in [0.29, 0.717) is 6.42 Å². The molecular weight excluding hydrogens is 140 g/mol. The number of rotatable bonds is 5. The van der Waals surface area contributed by atoms with Crippen molar-refractivity contribution in [1.82, 2.24) is 0 Å². The van der Waals surface area contributed by atoms with Gasteiger partial charge in [0.2, 0.25) is 0 Å². The van der Waals surface area contributed by atoms with Crippen molar-refractivity contribution in [2.45, 2.75) is 25.7 Å². The van der Waals surface area contributed by atoms with E-state index in [2.05, 4.69) is 11.7 Å². The van der Waals surface area contributed by atoms with Crippen LogP contribution in [0.5, 0.6) is 0 Å². The number of hydrogen-bond acceptors (Lipinski definition) is 2. The fraction of sp³-hybridized carbons (Fsp3) is 0.556. The summed E-state index contributed by atoms with van der Waals surface area (Å²) in [6.07, 6.45) is 7.16. The second-order valence-electron chi connectivity index (χ2n) is 2.23. The maximum atomic E-state index is 10.6. The van der Waals surface area contributed by atoms with Gasteiger partial charge in [0.25, 0.3) is 0 Å². The highest BCUT2D eigenvalue weighted by molar-refractivity contribution is 5.68. The smallest absolute Gasteiger partial charge is 0.305 e. The molecule has 0 heterocycles. The number of ether oxygens (including phenoxy) is 1. The zero-order valence-electron chi connectivity index (χ0n) is 7.01. The predicted molar refractivity (Wildman–Crippen MR) is 45.0 cm³/mol. The van der Waals surface area contributed by atoms with E-state index in [1.54, 1.807) is 0 Å². The molecule has 0 aromatic carbocycles. The topological polar surface area (TPSA) is 26.3 Å². The molecule has 0 rings (SSSR count). The molecule has 0 aliphatic carbocycles. The van der Waals surface area contributed by atoms with Gasteiger partial charge in [-0.1, -0.05) is 12.2 Å². The van der Waals surface area contributed by atoms with E-state index in [-0.39, 0.29) is 5.97 Å². The van der Waals surface area contributed by atoms with Gasteiger partial charge < -0.3 is 4.74 Å². The van der Waals surface area contributed by atoms with Gasteiger partial charge >= 0.3 is 5.97 Å². The van der Waals surface area contributed by atoms with E-state index < -0.39 is 0 Å². The molecule has 0 spiro atoms. The second-order valence-corrected chi connectivity index (χ2v) is 2.23. The largest absolute Gasteiger partial charge is 0.469 e. The van der Waals surface area contributed by atoms with Gasteiger partial charge in [-0.05, 0) is 26.2 Å². The number of hydrogen-bond donors (Lipinski definition) is 0. The van der Waals surface area contributed by atoms with Crippen molar-refractivity contribution in [3.63, 3.8) is 0 Å². The summed E-state index contributed by atoms with van der Waals surface area (Å²) in [7, 11) is 1.41. The van der Waals surface area contributed by atoms with Crippen molar-refractivity contribution in [2.24, 2.45) is 0 Å². The molecule has 0 unspecified atom stereocenters. The molecule has 0 bridgehead atoms. The molecule has 0 aliphatic heterocycles. The first kappa shape index (κ1) is 10.2. The van der Waals surface area contributed by atoms with Crippen molar-refractivity contribution in [1.29, 1.82) is 0 Å². The molecule has 1 radical (unpaired) electrons. The average molecular weight is 155 g/mol. The van der Waals surface area contributed by atoms with Crippen LogP contribution in [-0.2, 0) is 9.53 Å². The van der Waals surface area contributed by atoms with Crippen molar-refractivity contribution < 1.29 is 9.53 Å². The van der Waals surface area contributed by atoms with E-state index in [9.17, 15) is 4.79 Å². The molecule has 63 valence electrons. The third-order valence-electron chi connectivity index (χ3n) is 1.31. The average Bonchev–Trinajstić information content (AvgIpc) is 2.04. The van der Waals surface area contributed by atoms with Gasteiger partial charge in [-0.3, -0.25) is 4.79 Å². The van der Waals surface area contributed by atoms with Crippen molar-refractivity contribution in [3.8, 4) is 0 Å². The second kappa shape index (κ2) is 7.32. The minimum absolute atomic E-state index is 0.131. The lowest BCUT2D eigenvalue weighted by molar-refractivity contribution is -0.140. The molecule has 2 heteroatoms. The third-order valence-corrected chi connectivity index (χ3v) is 1.31. The van der Waals surface area contributed by atoms with Gasteiger partial charge in [0.15, 0.2) is 0 Å². The molecule has 0 saturated heterocycles. The maximum Gasteiger partial charge on any atom is 0.305 e. The Bertz CT molecular complexity index is 128. The van der Waals surface area contributed by atoms with Gasteiger partial charge in [-0.25, -0.2) is 0 Å². The number of carbonyl (C=O) groups excluding carboxylic acids is 1. The van der Waals surface area contributed by atoms with Crippen LogP contribution < -0.4 is 0 Å². The SMILES string of the molecule is [CH2]C/C=C\CCCC(=O)OC. The molecule has 0 aromatic heterocycles. The van der Waals surface area contributed by atoms with Gasteiger partial charge in [0, 0.05) is 6.42 Å². The van der Waals surface area contributed by atoms with Crippen molar-refractivity contribution in [2.75, 3.05) is 7.11 Å². The van der Waals surface area contributed by atoms with E-state index in [1.807, 2.05) is 12.2 Å². The lowest BCUT2D eigenvalue weighted by atomic mass is 10.2. The van der Waals surface area contributed by atoms with Crippen molar-refractivity contribution >= 4 is 5.97 Å². The van der Waals surface area contributed by atoms with E-state index >= 15 is 0 Å². The lowest BCUT2D eigenvalue weighted by Crippen LogP contribution is -1.98. The molecule has 0 amide bonds. The molecule has 11 heavy (non-hydrogen) atoms. The fourth-order valence-corrected chi connectivity index (χ4v) is 0.702. The summed E-state index contributed by atoms with van der Waals surface area (Å²) in [4.78, 5) is 10.6. The standard InChI is InChI=1S/C9H15O2/c1-3-4-5-6-7-8-9(10)11-2/h4-5H,1,3,6-8H2,2H3/b5-4-. The summed E-state index contributed by atoms with van der Waals surface area (Å²) in [5.41, 5.74) is 0. The first-order chi connectivity index (χ1) is 5.31. The van der Waals surface area contributed by atoms with Crippen LogP contribution in [-0.4, -0.2) is 13.1 Å². The minimum atomic E-state index is -0.131. The molecule has 0 atom stereocenters. The van der Waals surface area contributed by atoms with Crippen LogP contribution in [0.4, 0.5) is 0 Å². The summed E-state index contributed by atoms with van der Waals surface area (Å²) in [6.45, 7) is 3.66. The number of carbonyl (C=O) groups is 1. The third kappa shape index (κ3) is 7.10. The van der Waals surface area contributed by atoms with Crippen LogP contribution in [0, 0.1) is 6.92 Å². The summed E-state index contributed by atoms with van der Waals surface area (Å²) >= 11 is 0. The highest BCUT2D eigenvalue weighted by Gasteiger charge is 1.96. The molecule has 0 aromatic rings. The quantitative estimate of drug-likeness (QED) is 0.345. The van der Waals surface area contributed by atoms with Gasteiger partial charge in [0.05, 0.1) is 7.11 Å². The van der Waals surface area contributed by atoms with E-state index in [1.165, 1.54) is 7.11 Å². The number of esters is 1. The first-order valence-corrected chi connectivity index (χ1v) is 3.82. The Kier molecular flexibility index (Phi) is 6.79. The van der Waals surface area contributed by atoms with Gasteiger partial charge in [-0.2, -0.15) is 0 Å². The Morgan fingerprint density at radius 2 is 2.27 bits per heavy atom. The Balaban J connectivity index is 3.14. The number of unbranched alkanes of at least 4 members (excludes halogenated alkanes) is 1. The summed E-state index contributed by atoms with van der Waals surface area (Å²) in [5, 5.41) is 0. The van der Waals surface area contributed by atoms with Gasteiger partial charge in [-0.15, -0.1) is 0 Å². The van der Waals surface area contributed by atoms with E-state index in [4.69, 9.17) is 0 Å². The molecule has 0 saturated carbocycles. The summed E-state index contributed by atoms with van der Waals surface area (Å²) in [5.74, 6) is -0.131. The highest BCUT2D eigenvalue weighted by Crippen LogP contribution is 1.98. The van der Waals surface area contributed by atoms with Crippen LogP contribution in [0.15, 0.2) is 12.2 Å². The Hall–Kier alpha value is -0.790. The predicted octanol–water partition coefficient (Wildman–Crippen LogP) is 2.11. The molecule has 0 aliphatic rings. The minimum Gasteiger partial charge on any atom is -0.469 e. The van der Waals surface area contributed by atoms with Crippen LogP contribution in [0.25, 0.3) is 0 Å². The monoisotopic (exact) mass is 155 g/mol. The van der Waals surface area contributed by atoms with Gasteiger partial charge in [0.1, 0.15) is 0 Å². The van der Waals surface area contributed by atoms with Crippen molar-refractivity contribution in [3.05, 3.63) is 19.1 Å². The highest BCUT2D eigenvalue weighted by atomic mass is 16.5. The van der Waals surface area contributed by atoms with Crippen LogP contribution in [0.1, 0.15) is 25.7 Å². The summed E-state index contributed by atoms with van der Waals surface area (Å²) in [6, 6.07) is 0. The lowest BCUT2D eigenvalue weighted by Gasteiger charge is -1.95. The number of methoxy groups -OCH3 is 1. The Labute approximate surface area is 68.2 Å². The Morgan fingerprint density at radius 1 is 1.55 bits per heavy atom. The van der Waals surface area contributed by atoms with Crippen LogP contribution in [0.3, 0.4) is 0 Å². The zero-order valence-corrected chi connectivity index (χ0v) is 7.01. The molecule has 0 fully saturated rings. The Morgan fingerprint density at radius 3 is 2.82 bits per heavy atom. The first-order valence-electron chi connectivity index (χ1n) is 3.82. The molecule has 2 nitrogen and oxygen atoms in total. The van der Waals surface area contributed by atoms with E-state index in [0.717, 1.165) is 19.3 Å². The van der Waals surface area contributed by atoms with Crippen LogP contribution in [0.2, 0.25) is 0 Å². The van der Waals surface area contributed by atoms with Crippen LogP contribution >= 0.6 is 0 Å². The molecular formula is C9H15O2. The zero-order chi connectivity index (χ0) is 8.53.